The summed E-state index contributed by atoms with van der Waals surface area (Å²) in [5.74, 6) is 0.948. The van der Waals surface area contributed by atoms with Crippen LogP contribution in [0.15, 0.2) is 40.9 Å². The van der Waals surface area contributed by atoms with Gasteiger partial charge in [0.1, 0.15) is 0 Å². The zero-order valence-corrected chi connectivity index (χ0v) is 17.9. The van der Waals surface area contributed by atoms with Gasteiger partial charge in [0.05, 0.1) is 6.61 Å². The topological polar surface area (TPSA) is 59.6 Å². The molecule has 0 radical (unpaired) electrons. The second-order valence-electron chi connectivity index (χ2n) is 6.56. The van der Waals surface area contributed by atoms with Crippen molar-refractivity contribution in [1.82, 2.24) is 5.32 Å². The second-order valence-corrected chi connectivity index (χ2v) is 7.42. The minimum Gasteiger partial charge on any atom is -0.490 e. The van der Waals surface area contributed by atoms with E-state index in [-0.39, 0.29) is 12.5 Å². The van der Waals surface area contributed by atoms with Gasteiger partial charge in [-0.1, -0.05) is 47.5 Å². The molecule has 5 nitrogen and oxygen atoms in total. The van der Waals surface area contributed by atoms with Crippen LogP contribution in [0.5, 0.6) is 11.5 Å². The van der Waals surface area contributed by atoms with Gasteiger partial charge >= 0.3 is 0 Å². The summed E-state index contributed by atoms with van der Waals surface area (Å²) in [7, 11) is 0. The van der Waals surface area contributed by atoms with Crippen molar-refractivity contribution in [3.05, 3.63) is 52.0 Å². The fourth-order valence-electron chi connectivity index (χ4n) is 2.39. The van der Waals surface area contributed by atoms with E-state index in [1.807, 2.05) is 50.2 Å². The summed E-state index contributed by atoms with van der Waals surface area (Å²) in [4.78, 5) is 12.2. The molecule has 0 spiro atoms. The van der Waals surface area contributed by atoms with Crippen LogP contribution < -0.4 is 20.1 Å². The molecule has 146 valence electrons. The molecule has 2 N–H and O–H groups in total. The van der Waals surface area contributed by atoms with Crippen LogP contribution in [-0.4, -0.2) is 25.2 Å². The van der Waals surface area contributed by atoms with Crippen molar-refractivity contribution in [3.63, 3.8) is 0 Å². The average Bonchev–Trinajstić information content (AvgIpc) is 2.62. The number of aryl methyl sites for hydroxylation is 1. The smallest absolute Gasteiger partial charge is 0.262 e. The number of hydrogen-bond donors (Lipinski definition) is 2. The molecule has 0 saturated carbocycles. The van der Waals surface area contributed by atoms with E-state index in [1.54, 1.807) is 0 Å². The molecule has 0 aromatic heterocycles. The summed E-state index contributed by atoms with van der Waals surface area (Å²) >= 11 is 3.57. The molecule has 0 aliphatic carbocycles. The van der Waals surface area contributed by atoms with Crippen LogP contribution in [0.1, 0.15) is 31.9 Å². The van der Waals surface area contributed by atoms with Gasteiger partial charge in [0.25, 0.3) is 5.91 Å². The van der Waals surface area contributed by atoms with Crippen molar-refractivity contribution >= 4 is 27.5 Å². The number of halogens is 1. The predicted octanol–water partition coefficient (Wildman–Crippen LogP) is 4.67. The van der Waals surface area contributed by atoms with Crippen molar-refractivity contribution < 1.29 is 14.3 Å². The number of nitrogens with one attached hydrogen (secondary N) is 2. The molecule has 0 bridgehead atoms. The maximum absolute atomic E-state index is 12.2. The first-order valence-corrected chi connectivity index (χ1v) is 9.86. The molecule has 0 fully saturated rings. The van der Waals surface area contributed by atoms with E-state index >= 15 is 0 Å². The second kappa shape index (κ2) is 10.3. The fraction of sp³-hybridized carbons (Fsp3) is 0.381. The maximum atomic E-state index is 12.2. The molecule has 0 atom stereocenters. The van der Waals surface area contributed by atoms with Gasteiger partial charge in [-0.2, -0.15) is 0 Å². The molecule has 0 saturated heterocycles. The lowest BCUT2D eigenvalue weighted by Gasteiger charge is -2.16. The van der Waals surface area contributed by atoms with Gasteiger partial charge in [-0.25, -0.2) is 0 Å². The minimum atomic E-state index is -0.219. The Kier molecular flexibility index (Phi) is 8.13. The van der Waals surface area contributed by atoms with Crippen LogP contribution >= 0.6 is 15.9 Å². The highest BCUT2D eigenvalue weighted by Gasteiger charge is 2.13. The third kappa shape index (κ3) is 6.88. The molecule has 6 heteroatoms. The number of anilines is 1. The fourth-order valence-corrected chi connectivity index (χ4v) is 2.85. The van der Waals surface area contributed by atoms with E-state index in [9.17, 15) is 4.79 Å². The number of hydrogen-bond acceptors (Lipinski definition) is 4. The summed E-state index contributed by atoms with van der Waals surface area (Å²) in [6, 6.07) is 11.8. The average molecular weight is 435 g/mol. The molecule has 2 aromatic carbocycles. The number of rotatable bonds is 9. The SMILES string of the molecule is CCOc1cc(CNC(C)C)c(Br)cc1OCC(=O)Nc1ccc(C)cc1. The van der Waals surface area contributed by atoms with Gasteiger partial charge in [-0.3, -0.25) is 4.79 Å². The first kappa shape index (κ1) is 21.3. The molecule has 1 amide bonds. The molecule has 2 rings (SSSR count). The summed E-state index contributed by atoms with van der Waals surface area (Å²) in [6.45, 7) is 9.26. The van der Waals surface area contributed by atoms with Gasteiger partial charge in [0.2, 0.25) is 0 Å². The lowest BCUT2D eigenvalue weighted by Crippen LogP contribution is -2.22. The first-order valence-electron chi connectivity index (χ1n) is 9.07. The quantitative estimate of drug-likeness (QED) is 0.601. The van der Waals surface area contributed by atoms with Gasteiger partial charge in [0.15, 0.2) is 18.1 Å². The van der Waals surface area contributed by atoms with E-state index in [1.165, 1.54) is 0 Å². The number of ether oxygens (including phenoxy) is 2. The maximum Gasteiger partial charge on any atom is 0.262 e. The highest BCUT2D eigenvalue weighted by molar-refractivity contribution is 9.10. The summed E-state index contributed by atoms with van der Waals surface area (Å²) < 4.78 is 12.3. The highest BCUT2D eigenvalue weighted by atomic mass is 79.9. The van der Waals surface area contributed by atoms with Gasteiger partial charge in [-0.05, 0) is 43.7 Å². The lowest BCUT2D eigenvalue weighted by molar-refractivity contribution is -0.118. The van der Waals surface area contributed by atoms with Crippen molar-refractivity contribution in [2.24, 2.45) is 0 Å². The van der Waals surface area contributed by atoms with E-state index in [0.29, 0.717) is 30.7 Å². The summed E-state index contributed by atoms with van der Waals surface area (Å²) in [6.07, 6.45) is 0. The molecule has 0 aliphatic heterocycles. The van der Waals surface area contributed by atoms with Crippen molar-refractivity contribution in [1.29, 1.82) is 0 Å². The number of benzene rings is 2. The number of carbonyl (C=O) groups excluding carboxylic acids is 1. The first-order chi connectivity index (χ1) is 12.9. The molecule has 0 unspecified atom stereocenters. The normalized spacial score (nSPS) is 10.7. The van der Waals surface area contributed by atoms with Crippen molar-refractivity contribution in [2.75, 3.05) is 18.5 Å². The number of amides is 1. The van der Waals surface area contributed by atoms with Gasteiger partial charge in [0, 0.05) is 22.7 Å². The molecular weight excluding hydrogens is 408 g/mol. The lowest BCUT2D eigenvalue weighted by atomic mass is 10.2. The Hall–Kier alpha value is -2.05. The van der Waals surface area contributed by atoms with Crippen LogP contribution in [0.4, 0.5) is 5.69 Å². The Morgan fingerprint density at radius 3 is 2.41 bits per heavy atom. The Bertz CT molecular complexity index is 761. The molecule has 0 heterocycles. The minimum absolute atomic E-state index is 0.0933. The third-order valence-electron chi connectivity index (χ3n) is 3.81. The Labute approximate surface area is 169 Å². The predicted molar refractivity (Wildman–Crippen MR) is 113 cm³/mol. The van der Waals surface area contributed by atoms with Crippen LogP contribution in [0.25, 0.3) is 0 Å². The standard InChI is InChI=1S/C21H27BrN2O3/c1-5-26-19-10-16(12-23-14(2)3)18(22)11-20(19)27-13-21(25)24-17-8-6-15(4)7-9-17/h6-11,14,23H,5,12-13H2,1-4H3,(H,24,25). The van der Waals surface area contributed by atoms with Crippen LogP contribution in [-0.2, 0) is 11.3 Å². The van der Waals surface area contributed by atoms with Gasteiger partial charge < -0.3 is 20.1 Å². The highest BCUT2D eigenvalue weighted by Crippen LogP contribution is 2.34. The molecular formula is C21H27BrN2O3. The third-order valence-corrected chi connectivity index (χ3v) is 4.55. The van der Waals surface area contributed by atoms with E-state index in [2.05, 4.69) is 40.4 Å². The van der Waals surface area contributed by atoms with Crippen molar-refractivity contribution in [3.8, 4) is 11.5 Å². The molecule has 0 aliphatic rings. The molecule has 27 heavy (non-hydrogen) atoms. The summed E-state index contributed by atoms with van der Waals surface area (Å²) in [5.41, 5.74) is 2.96. The van der Waals surface area contributed by atoms with E-state index < -0.39 is 0 Å². The van der Waals surface area contributed by atoms with Gasteiger partial charge in [-0.15, -0.1) is 0 Å². The molecule has 2 aromatic rings. The van der Waals surface area contributed by atoms with Crippen LogP contribution in [0, 0.1) is 6.92 Å². The zero-order valence-electron chi connectivity index (χ0n) is 16.3. The monoisotopic (exact) mass is 434 g/mol. The largest absolute Gasteiger partial charge is 0.490 e. The van der Waals surface area contributed by atoms with Crippen LogP contribution in [0.2, 0.25) is 0 Å². The van der Waals surface area contributed by atoms with Crippen molar-refractivity contribution in [2.45, 2.75) is 40.3 Å². The Morgan fingerprint density at radius 1 is 1.11 bits per heavy atom. The Balaban J connectivity index is 2.04. The van der Waals surface area contributed by atoms with Crippen LogP contribution in [0.3, 0.4) is 0 Å². The Morgan fingerprint density at radius 2 is 1.78 bits per heavy atom. The van der Waals surface area contributed by atoms with E-state index in [0.717, 1.165) is 21.3 Å². The zero-order chi connectivity index (χ0) is 19.8. The van der Waals surface area contributed by atoms with E-state index in [4.69, 9.17) is 9.47 Å². The summed E-state index contributed by atoms with van der Waals surface area (Å²) in [5, 5.41) is 6.21. The number of carbonyl (C=O) groups is 1.